The molecule has 0 saturated heterocycles. The van der Waals surface area contributed by atoms with Gasteiger partial charge in [0.25, 0.3) is 0 Å². The SMILES string of the molecule is O=C1CCCc2cc(Br)ccc2C1=O. The molecule has 2 rings (SSSR count). The van der Waals surface area contributed by atoms with Crippen LogP contribution in [-0.4, -0.2) is 11.6 Å². The third kappa shape index (κ3) is 1.64. The number of fused-ring (bicyclic) bond motifs is 1. The molecule has 1 aromatic carbocycles. The van der Waals surface area contributed by atoms with E-state index in [1.54, 1.807) is 12.1 Å². The zero-order chi connectivity index (χ0) is 10.1. The van der Waals surface area contributed by atoms with E-state index in [0.717, 1.165) is 22.9 Å². The van der Waals surface area contributed by atoms with Crippen LogP contribution in [0.2, 0.25) is 0 Å². The quantitative estimate of drug-likeness (QED) is 0.526. The van der Waals surface area contributed by atoms with Crippen molar-refractivity contribution in [2.75, 3.05) is 0 Å². The maximum Gasteiger partial charge on any atom is 0.228 e. The molecular formula is C11H9BrO2. The summed E-state index contributed by atoms with van der Waals surface area (Å²) in [5.41, 5.74) is 1.56. The normalized spacial score (nSPS) is 16.4. The molecule has 0 saturated carbocycles. The largest absolute Gasteiger partial charge is 0.290 e. The molecule has 1 aromatic rings. The highest BCUT2D eigenvalue weighted by Gasteiger charge is 2.22. The third-order valence-electron chi connectivity index (χ3n) is 2.42. The number of benzene rings is 1. The second-order valence-electron chi connectivity index (χ2n) is 3.41. The van der Waals surface area contributed by atoms with Crippen molar-refractivity contribution in [2.24, 2.45) is 0 Å². The van der Waals surface area contributed by atoms with Crippen molar-refractivity contribution in [3.8, 4) is 0 Å². The van der Waals surface area contributed by atoms with Gasteiger partial charge in [0.05, 0.1) is 0 Å². The van der Waals surface area contributed by atoms with E-state index in [-0.39, 0.29) is 11.6 Å². The molecule has 0 amide bonds. The fraction of sp³-hybridized carbons (Fsp3) is 0.273. The molecule has 0 heterocycles. The maximum absolute atomic E-state index is 11.6. The fourth-order valence-corrected chi connectivity index (χ4v) is 2.10. The number of Topliss-reactive ketones (excluding diaryl/α,β-unsaturated/α-hetero) is 2. The van der Waals surface area contributed by atoms with Crippen LogP contribution >= 0.6 is 15.9 Å². The van der Waals surface area contributed by atoms with E-state index in [9.17, 15) is 9.59 Å². The molecular weight excluding hydrogens is 244 g/mol. The summed E-state index contributed by atoms with van der Waals surface area (Å²) in [5, 5.41) is 0. The number of carbonyl (C=O) groups excluding carboxylic acids is 2. The maximum atomic E-state index is 11.6. The summed E-state index contributed by atoms with van der Waals surface area (Å²) in [6.45, 7) is 0. The summed E-state index contributed by atoms with van der Waals surface area (Å²) >= 11 is 3.35. The Kier molecular flexibility index (Phi) is 2.50. The highest BCUT2D eigenvalue weighted by atomic mass is 79.9. The van der Waals surface area contributed by atoms with E-state index in [2.05, 4.69) is 15.9 Å². The first-order valence-electron chi connectivity index (χ1n) is 4.54. The first-order valence-corrected chi connectivity index (χ1v) is 5.34. The van der Waals surface area contributed by atoms with Crippen molar-refractivity contribution in [1.82, 2.24) is 0 Å². The molecule has 0 fully saturated rings. The standard InChI is InChI=1S/C11H9BrO2/c12-8-4-5-9-7(6-8)2-1-3-10(13)11(9)14/h4-6H,1-3H2. The molecule has 1 aliphatic rings. The van der Waals surface area contributed by atoms with Crippen molar-refractivity contribution >= 4 is 27.5 Å². The zero-order valence-electron chi connectivity index (χ0n) is 7.55. The Labute approximate surface area is 90.4 Å². The van der Waals surface area contributed by atoms with Crippen LogP contribution in [0.15, 0.2) is 22.7 Å². The van der Waals surface area contributed by atoms with Gasteiger partial charge >= 0.3 is 0 Å². The van der Waals surface area contributed by atoms with Gasteiger partial charge in [-0.3, -0.25) is 9.59 Å². The summed E-state index contributed by atoms with van der Waals surface area (Å²) in [4.78, 5) is 22.9. The molecule has 0 aromatic heterocycles. The van der Waals surface area contributed by atoms with Gasteiger partial charge < -0.3 is 0 Å². The van der Waals surface area contributed by atoms with Gasteiger partial charge in [0.2, 0.25) is 11.6 Å². The van der Waals surface area contributed by atoms with E-state index in [4.69, 9.17) is 0 Å². The van der Waals surface area contributed by atoms with Crippen LogP contribution < -0.4 is 0 Å². The lowest BCUT2D eigenvalue weighted by molar-refractivity contribution is -0.115. The summed E-state index contributed by atoms with van der Waals surface area (Å²) < 4.78 is 0.957. The highest BCUT2D eigenvalue weighted by molar-refractivity contribution is 9.10. The number of ketones is 2. The average Bonchev–Trinajstić information content (AvgIpc) is 2.28. The lowest BCUT2D eigenvalue weighted by atomic mass is 10.0. The van der Waals surface area contributed by atoms with E-state index in [1.165, 1.54) is 0 Å². The van der Waals surface area contributed by atoms with Gasteiger partial charge in [-0.1, -0.05) is 15.9 Å². The minimum absolute atomic E-state index is 0.258. The van der Waals surface area contributed by atoms with Crippen molar-refractivity contribution in [1.29, 1.82) is 0 Å². The number of hydrogen-bond acceptors (Lipinski definition) is 2. The Hall–Kier alpha value is -0.960. The second kappa shape index (κ2) is 3.65. The smallest absolute Gasteiger partial charge is 0.228 e. The fourth-order valence-electron chi connectivity index (χ4n) is 1.69. The van der Waals surface area contributed by atoms with Gasteiger partial charge in [-0.25, -0.2) is 0 Å². The Morgan fingerprint density at radius 3 is 2.71 bits per heavy atom. The van der Waals surface area contributed by atoms with Crippen LogP contribution in [0.1, 0.15) is 28.8 Å². The third-order valence-corrected chi connectivity index (χ3v) is 2.91. The van der Waals surface area contributed by atoms with Crippen LogP contribution in [0.5, 0.6) is 0 Å². The summed E-state index contributed by atoms with van der Waals surface area (Å²) in [7, 11) is 0. The zero-order valence-corrected chi connectivity index (χ0v) is 9.13. The summed E-state index contributed by atoms with van der Waals surface area (Å²) in [6, 6.07) is 5.45. The first-order chi connectivity index (χ1) is 6.68. The monoisotopic (exact) mass is 252 g/mol. The minimum Gasteiger partial charge on any atom is -0.290 e. The molecule has 1 aliphatic carbocycles. The minimum atomic E-state index is -0.329. The Bertz CT molecular complexity index is 410. The Morgan fingerprint density at radius 2 is 1.93 bits per heavy atom. The molecule has 0 atom stereocenters. The number of rotatable bonds is 0. The lowest BCUT2D eigenvalue weighted by Gasteiger charge is -2.03. The molecule has 3 heteroatoms. The van der Waals surface area contributed by atoms with Gasteiger partial charge in [0.1, 0.15) is 0 Å². The van der Waals surface area contributed by atoms with Crippen LogP contribution in [-0.2, 0) is 11.2 Å². The van der Waals surface area contributed by atoms with Crippen LogP contribution in [0.25, 0.3) is 0 Å². The average molecular weight is 253 g/mol. The molecule has 0 aliphatic heterocycles. The van der Waals surface area contributed by atoms with Gasteiger partial charge in [0, 0.05) is 16.5 Å². The predicted octanol–water partition coefficient (Wildman–Crippen LogP) is 2.54. The molecule has 0 spiro atoms. The number of carbonyl (C=O) groups is 2. The van der Waals surface area contributed by atoms with Crippen molar-refractivity contribution in [2.45, 2.75) is 19.3 Å². The molecule has 2 nitrogen and oxygen atoms in total. The molecule has 0 radical (unpaired) electrons. The summed E-state index contributed by atoms with van der Waals surface area (Å²) in [5.74, 6) is -0.587. The van der Waals surface area contributed by atoms with E-state index in [1.807, 2.05) is 6.07 Å². The number of hydrogen-bond donors (Lipinski definition) is 0. The van der Waals surface area contributed by atoms with Crippen molar-refractivity contribution in [3.63, 3.8) is 0 Å². The molecule has 72 valence electrons. The van der Waals surface area contributed by atoms with Gasteiger partial charge in [-0.2, -0.15) is 0 Å². The van der Waals surface area contributed by atoms with Crippen molar-refractivity contribution < 1.29 is 9.59 Å². The number of halogens is 1. The topological polar surface area (TPSA) is 34.1 Å². The second-order valence-corrected chi connectivity index (χ2v) is 4.32. The Balaban J connectivity index is 2.53. The Morgan fingerprint density at radius 1 is 1.14 bits per heavy atom. The predicted molar refractivity (Wildman–Crippen MR) is 56.4 cm³/mol. The van der Waals surface area contributed by atoms with Gasteiger partial charge in [-0.15, -0.1) is 0 Å². The number of aryl methyl sites for hydroxylation is 1. The lowest BCUT2D eigenvalue weighted by Crippen LogP contribution is -2.12. The van der Waals surface area contributed by atoms with Gasteiger partial charge in [-0.05, 0) is 36.6 Å². The first kappa shape index (κ1) is 9.59. The van der Waals surface area contributed by atoms with Crippen LogP contribution in [0.3, 0.4) is 0 Å². The molecule has 0 N–H and O–H groups in total. The van der Waals surface area contributed by atoms with Crippen LogP contribution in [0, 0.1) is 0 Å². The van der Waals surface area contributed by atoms with Crippen molar-refractivity contribution in [3.05, 3.63) is 33.8 Å². The highest BCUT2D eigenvalue weighted by Crippen LogP contribution is 2.22. The van der Waals surface area contributed by atoms with Gasteiger partial charge in [0.15, 0.2) is 0 Å². The van der Waals surface area contributed by atoms with E-state index < -0.39 is 0 Å². The molecule has 0 unspecified atom stereocenters. The van der Waals surface area contributed by atoms with E-state index in [0.29, 0.717) is 12.0 Å². The molecule has 14 heavy (non-hydrogen) atoms. The van der Waals surface area contributed by atoms with Crippen LogP contribution in [0.4, 0.5) is 0 Å². The van der Waals surface area contributed by atoms with E-state index >= 15 is 0 Å². The molecule has 0 bridgehead atoms. The summed E-state index contributed by atoms with van der Waals surface area (Å²) in [6.07, 6.45) is 1.96.